The van der Waals surface area contributed by atoms with Gasteiger partial charge in [-0.1, -0.05) is 0 Å². The number of aryl methyl sites for hydroxylation is 3. The predicted octanol–water partition coefficient (Wildman–Crippen LogP) is 4.94. The number of carbonyl (C=O) groups excluding carboxylic acids is 2. The third kappa shape index (κ3) is 5.28. The van der Waals surface area contributed by atoms with E-state index in [1.165, 1.54) is 16.6 Å². The number of nitrogens with zero attached hydrogens (tertiary/aromatic N) is 2. The summed E-state index contributed by atoms with van der Waals surface area (Å²) in [7, 11) is 1.62. The SMILES string of the molecule is COc1ccc(-n2c(C)cc(C(=O)COC(=O)CSCc3nc4sc5c(c4c(=O)[nH]3)CCCC5)c2C)cc1. The van der Waals surface area contributed by atoms with Crippen LogP contribution in [0.15, 0.2) is 35.1 Å². The molecule has 0 amide bonds. The molecule has 3 aromatic heterocycles. The molecule has 38 heavy (non-hydrogen) atoms. The van der Waals surface area contributed by atoms with Gasteiger partial charge in [-0.15, -0.1) is 23.1 Å². The summed E-state index contributed by atoms with van der Waals surface area (Å²) >= 11 is 2.90. The number of Topliss-reactive ketones (excluding diaryl/α,β-unsaturated/α-hetero) is 1. The molecule has 0 radical (unpaired) electrons. The largest absolute Gasteiger partial charge is 0.497 e. The molecular formula is C28H29N3O5S2. The Hall–Kier alpha value is -3.37. The number of carbonyl (C=O) groups is 2. The van der Waals surface area contributed by atoms with Crippen molar-refractivity contribution >= 4 is 45.1 Å². The average molecular weight is 552 g/mol. The van der Waals surface area contributed by atoms with Crippen molar-refractivity contribution in [3.05, 3.63) is 73.9 Å². The van der Waals surface area contributed by atoms with E-state index in [0.717, 1.165) is 64.3 Å². The van der Waals surface area contributed by atoms with Crippen molar-refractivity contribution in [1.82, 2.24) is 14.5 Å². The molecule has 0 aliphatic heterocycles. The number of aromatic nitrogens is 3. The minimum atomic E-state index is -0.484. The molecular weight excluding hydrogens is 522 g/mol. The number of esters is 1. The Morgan fingerprint density at radius 2 is 1.92 bits per heavy atom. The van der Waals surface area contributed by atoms with Crippen LogP contribution in [-0.4, -0.2) is 45.8 Å². The van der Waals surface area contributed by atoms with Gasteiger partial charge in [-0.3, -0.25) is 14.4 Å². The van der Waals surface area contributed by atoms with Gasteiger partial charge in [0.25, 0.3) is 5.56 Å². The molecule has 3 heterocycles. The number of thiophene rings is 1. The van der Waals surface area contributed by atoms with E-state index < -0.39 is 5.97 Å². The maximum absolute atomic E-state index is 12.8. The topological polar surface area (TPSA) is 103 Å². The number of ketones is 1. The molecule has 1 aliphatic rings. The van der Waals surface area contributed by atoms with E-state index >= 15 is 0 Å². The van der Waals surface area contributed by atoms with E-state index in [-0.39, 0.29) is 23.7 Å². The predicted molar refractivity (Wildman–Crippen MR) is 150 cm³/mol. The second-order valence-corrected chi connectivity index (χ2v) is 11.4. The Morgan fingerprint density at radius 3 is 2.68 bits per heavy atom. The van der Waals surface area contributed by atoms with Crippen molar-refractivity contribution in [2.24, 2.45) is 0 Å². The number of aromatic amines is 1. The molecule has 198 valence electrons. The normalized spacial score (nSPS) is 12.9. The lowest BCUT2D eigenvalue weighted by Gasteiger charge is -2.11. The molecule has 0 saturated carbocycles. The van der Waals surface area contributed by atoms with E-state index in [2.05, 4.69) is 9.97 Å². The van der Waals surface area contributed by atoms with Gasteiger partial charge < -0.3 is 19.0 Å². The van der Waals surface area contributed by atoms with Crippen LogP contribution in [0.5, 0.6) is 5.75 Å². The summed E-state index contributed by atoms with van der Waals surface area (Å²) in [4.78, 5) is 47.4. The number of nitrogens with one attached hydrogen (secondary N) is 1. The van der Waals surface area contributed by atoms with E-state index in [1.54, 1.807) is 18.4 Å². The zero-order chi connectivity index (χ0) is 26.8. The van der Waals surface area contributed by atoms with Crippen LogP contribution in [0.25, 0.3) is 15.9 Å². The number of hydrogen-bond donors (Lipinski definition) is 1. The quantitative estimate of drug-likeness (QED) is 0.232. The number of hydrogen-bond acceptors (Lipinski definition) is 8. The second kappa shape index (κ2) is 11.2. The van der Waals surface area contributed by atoms with Crippen LogP contribution < -0.4 is 10.3 Å². The van der Waals surface area contributed by atoms with Crippen LogP contribution in [-0.2, 0) is 28.1 Å². The Bertz CT molecular complexity index is 1570. The van der Waals surface area contributed by atoms with Gasteiger partial charge in [-0.25, -0.2) is 4.98 Å². The van der Waals surface area contributed by atoms with Gasteiger partial charge in [0.15, 0.2) is 6.61 Å². The van der Waals surface area contributed by atoms with Crippen molar-refractivity contribution < 1.29 is 19.1 Å². The summed E-state index contributed by atoms with van der Waals surface area (Å²) in [6.07, 6.45) is 4.20. The molecule has 0 atom stereocenters. The summed E-state index contributed by atoms with van der Waals surface area (Å²) in [5.41, 5.74) is 4.17. The van der Waals surface area contributed by atoms with Gasteiger partial charge in [-0.2, -0.15) is 0 Å². The van der Waals surface area contributed by atoms with Crippen LogP contribution >= 0.6 is 23.1 Å². The molecule has 0 spiro atoms. The maximum Gasteiger partial charge on any atom is 0.316 e. The molecule has 0 saturated heterocycles. The van der Waals surface area contributed by atoms with Crippen LogP contribution in [0.1, 0.15) is 50.9 Å². The third-order valence-corrected chi connectivity index (χ3v) is 8.86. The highest BCUT2D eigenvalue weighted by molar-refractivity contribution is 7.99. The number of thioether (sulfide) groups is 1. The second-order valence-electron chi connectivity index (χ2n) is 9.30. The first-order chi connectivity index (χ1) is 18.4. The standard InChI is InChI=1S/C28H29N3O5S2/c1-16-12-21(17(2)31(16)18-8-10-19(35-3)11-9-18)22(32)13-36-25(33)15-37-14-24-29-27(34)26-20-6-4-5-7-23(20)38-28(26)30-24/h8-12H,4-7,13-15H2,1-3H3,(H,29,30,34). The molecule has 10 heteroatoms. The lowest BCUT2D eigenvalue weighted by atomic mass is 9.97. The molecule has 1 aromatic carbocycles. The lowest BCUT2D eigenvalue weighted by molar-refractivity contribution is -0.139. The summed E-state index contributed by atoms with van der Waals surface area (Å²) in [6.45, 7) is 3.47. The van der Waals surface area contributed by atoms with Crippen LogP contribution in [0, 0.1) is 13.8 Å². The number of ether oxygens (including phenoxy) is 2. The Kier molecular flexibility index (Phi) is 7.71. The third-order valence-electron chi connectivity index (χ3n) is 6.76. The van der Waals surface area contributed by atoms with Crippen LogP contribution in [0.3, 0.4) is 0 Å². The Labute approximate surface area is 228 Å². The first-order valence-corrected chi connectivity index (χ1v) is 14.5. The molecule has 1 aliphatic carbocycles. The molecule has 1 N–H and O–H groups in total. The maximum atomic E-state index is 12.8. The van der Waals surface area contributed by atoms with Crippen molar-refractivity contribution in [2.45, 2.75) is 45.3 Å². The minimum Gasteiger partial charge on any atom is -0.497 e. The minimum absolute atomic E-state index is 0.0564. The van der Waals surface area contributed by atoms with E-state index in [0.29, 0.717) is 17.1 Å². The fraction of sp³-hybridized carbons (Fsp3) is 0.357. The monoisotopic (exact) mass is 551 g/mol. The van der Waals surface area contributed by atoms with E-state index in [1.807, 2.05) is 48.7 Å². The summed E-state index contributed by atoms with van der Waals surface area (Å²) in [6, 6.07) is 9.40. The highest BCUT2D eigenvalue weighted by Crippen LogP contribution is 2.33. The van der Waals surface area contributed by atoms with Crippen molar-refractivity contribution in [2.75, 3.05) is 19.5 Å². The first-order valence-electron chi connectivity index (χ1n) is 12.5. The number of H-pyrrole nitrogens is 1. The van der Waals surface area contributed by atoms with Crippen LogP contribution in [0.2, 0.25) is 0 Å². The number of methoxy groups -OCH3 is 1. The zero-order valence-corrected chi connectivity index (χ0v) is 23.2. The summed E-state index contributed by atoms with van der Waals surface area (Å²) < 4.78 is 12.5. The van der Waals surface area contributed by atoms with E-state index in [9.17, 15) is 14.4 Å². The zero-order valence-electron chi connectivity index (χ0n) is 21.6. The van der Waals surface area contributed by atoms with Gasteiger partial charge in [0.2, 0.25) is 5.78 Å². The van der Waals surface area contributed by atoms with Crippen molar-refractivity contribution in [1.29, 1.82) is 0 Å². The van der Waals surface area contributed by atoms with Crippen molar-refractivity contribution in [3.8, 4) is 11.4 Å². The van der Waals surface area contributed by atoms with Gasteiger partial charge >= 0.3 is 5.97 Å². The molecule has 0 unspecified atom stereocenters. The average Bonchev–Trinajstić information content (AvgIpc) is 3.44. The Morgan fingerprint density at radius 1 is 1.16 bits per heavy atom. The van der Waals surface area contributed by atoms with Crippen LogP contribution in [0.4, 0.5) is 0 Å². The highest BCUT2D eigenvalue weighted by Gasteiger charge is 2.21. The van der Waals surface area contributed by atoms with E-state index in [4.69, 9.17) is 9.47 Å². The summed E-state index contributed by atoms with van der Waals surface area (Å²) in [5, 5.41) is 0.725. The van der Waals surface area contributed by atoms with Gasteiger partial charge in [0.05, 0.1) is 24.0 Å². The fourth-order valence-corrected chi connectivity index (χ4v) is 6.91. The number of rotatable bonds is 9. The smallest absolute Gasteiger partial charge is 0.316 e. The lowest BCUT2D eigenvalue weighted by Crippen LogP contribution is -2.16. The fourth-order valence-electron chi connectivity index (χ4n) is 4.95. The molecule has 0 bridgehead atoms. The first kappa shape index (κ1) is 26.2. The molecule has 0 fully saturated rings. The number of fused-ring (bicyclic) bond motifs is 3. The molecule has 8 nitrogen and oxygen atoms in total. The van der Waals surface area contributed by atoms with Gasteiger partial charge in [-0.05, 0) is 75.4 Å². The van der Waals surface area contributed by atoms with Gasteiger partial charge in [0, 0.05) is 27.5 Å². The highest BCUT2D eigenvalue weighted by atomic mass is 32.2. The molecule has 5 rings (SSSR count). The van der Waals surface area contributed by atoms with Gasteiger partial charge in [0.1, 0.15) is 16.4 Å². The van der Waals surface area contributed by atoms with Crippen molar-refractivity contribution in [3.63, 3.8) is 0 Å². The molecule has 4 aromatic rings. The number of benzene rings is 1. The summed E-state index contributed by atoms with van der Waals surface area (Å²) in [5.74, 6) is 0.989. The Balaban J connectivity index is 1.16.